The van der Waals surface area contributed by atoms with Gasteiger partial charge in [0.25, 0.3) is 5.91 Å². The molecule has 0 atom stereocenters. The molecule has 2 heterocycles. The second-order valence-electron chi connectivity index (χ2n) is 9.17. The van der Waals surface area contributed by atoms with Gasteiger partial charge < -0.3 is 15.0 Å². The van der Waals surface area contributed by atoms with Crippen LogP contribution in [-0.4, -0.2) is 62.8 Å². The van der Waals surface area contributed by atoms with Crippen LogP contribution < -0.4 is 10.1 Å². The van der Waals surface area contributed by atoms with E-state index in [1.165, 1.54) is 6.07 Å². The van der Waals surface area contributed by atoms with Crippen molar-refractivity contribution in [2.45, 2.75) is 20.0 Å². The van der Waals surface area contributed by atoms with Crippen LogP contribution in [0, 0.1) is 13.8 Å². The van der Waals surface area contributed by atoms with Crippen molar-refractivity contribution in [1.82, 2.24) is 29.7 Å². The summed E-state index contributed by atoms with van der Waals surface area (Å²) in [5, 5.41) is 15.2. The monoisotopic (exact) mass is 527 g/mol. The number of ether oxygens (including phenoxy) is 1. The predicted molar refractivity (Wildman–Crippen MR) is 136 cm³/mol. The SMILES string of the molecule is Cc1ccc(C(=O)Nc2cc(OCCN(C)C)cc(C(F)(F)F)c2)cc1-n1cc(-c2cnn(C)c2C)nn1. The number of halogens is 3. The highest BCUT2D eigenvalue weighted by Crippen LogP contribution is 2.34. The van der Waals surface area contributed by atoms with Gasteiger partial charge in [0.1, 0.15) is 18.1 Å². The molecule has 9 nitrogen and oxygen atoms in total. The number of benzene rings is 2. The fourth-order valence-electron chi connectivity index (χ4n) is 3.72. The van der Waals surface area contributed by atoms with Crippen molar-refractivity contribution < 1.29 is 22.7 Å². The molecule has 38 heavy (non-hydrogen) atoms. The number of rotatable bonds is 8. The van der Waals surface area contributed by atoms with Crippen LogP contribution in [0.15, 0.2) is 48.8 Å². The van der Waals surface area contributed by atoms with E-state index in [4.69, 9.17) is 4.74 Å². The summed E-state index contributed by atoms with van der Waals surface area (Å²) >= 11 is 0. The average molecular weight is 528 g/mol. The Morgan fingerprint density at radius 2 is 1.89 bits per heavy atom. The molecule has 0 unspecified atom stereocenters. The summed E-state index contributed by atoms with van der Waals surface area (Å²) in [6.07, 6.45) is -1.17. The fraction of sp³-hybridized carbons (Fsp3) is 0.308. The van der Waals surface area contributed by atoms with Gasteiger partial charge in [-0.3, -0.25) is 9.48 Å². The van der Waals surface area contributed by atoms with Crippen LogP contribution in [0.5, 0.6) is 5.75 Å². The minimum absolute atomic E-state index is 0.0161. The first-order valence-electron chi connectivity index (χ1n) is 11.8. The topological polar surface area (TPSA) is 90.1 Å². The van der Waals surface area contributed by atoms with E-state index in [0.717, 1.165) is 29.0 Å². The van der Waals surface area contributed by atoms with Crippen molar-refractivity contribution in [3.63, 3.8) is 0 Å². The molecule has 0 aliphatic carbocycles. The Hall–Kier alpha value is -4.19. The molecule has 0 fully saturated rings. The number of nitrogens with one attached hydrogen (secondary N) is 1. The minimum atomic E-state index is -4.60. The standard InChI is InChI=1S/C26H28F3N7O2/c1-16-6-7-18(10-24(16)36-15-23(32-33-36)22-14-30-35(5)17(22)2)25(37)31-20-11-19(26(27,28)29)12-21(13-20)38-9-8-34(3)4/h6-7,10-15H,8-9H2,1-5H3,(H,31,37). The molecule has 2 aromatic heterocycles. The van der Waals surface area contributed by atoms with E-state index in [2.05, 4.69) is 20.7 Å². The smallest absolute Gasteiger partial charge is 0.416 e. The second kappa shape index (κ2) is 10.7. The number of nitrogens with zero attached hydrogens (tertiary/aromatic N) is 6. The lowest BCUT2D eigenvalue weighted by atomic mass is 10.1. The van der Waals surface area contributed by atoms with Gasteiger partial charge in [0, 0.05) is 42.2 Å². The van der Waals surface area contributed by atoms with E-state index in [-0.39, 0.29) is 23.6 Å². The summed E-state index contributed by atoms with van der Waals surface area (Å²) in [5.41, 5.74) is 3.11. The van der Waals surface area contributed by atoms with Crippen molar-refractivity contribution in [2.24, 2.45) is 7.05 Å². The highest BCUT2D eigenvalue weighted by atomic mass is 19.4. The lowest BCUT2D eigenvalue weighted by molar-refractivity contribution is -0.137. The molecule has 0 aliphatic rings. The quantitative estimate of drug-likeness (QED) is 0.363. The van der Waals surface area contributed by atoms with Crippen molar-refractivity contribution in [3.8, 4) is 22.7 Å². The summed E-state index contributed by atoms with van der Waals surface area (Å²) < 4.78 is 49.3. The normalized spacial score (nSPS) is 11.7. The van der Waals surface area contributed by atoms with Crippen molar-refractivity contribution in [2.75, 3.05) is 32.6 Å². The van der Waals surface area contributed by atoms with Crippen molar-refractivity contribution in [3.05, 3.63) is 71.2 Å². The molecule has 200 valence electrons. The highest BCUT2D eigenvalue weighted by molar-refractivity contribution is 6.04. The second-order valence-corrected chi connectivity index (χ2v) is 9.17. The third-order valence-corrected chi connectivity index (χ3v) is 6.02. The molecular formula is C26H28F3N7O2. The van der Waals surface area contributed by atoms with Crippen LogP contribution in [0.25, 0.3) is 16.9 Å². The van der Waals surface area contributed by atoms with Gasteiger partial charge >= 0.3 is 6.18 Å². The van der Waals surface area contributed by atoms with Crippen molar-refractivity contribution >= 4 is 11.6 Å². The first-order valence-corrected chi connectivity index (χ1v) is 11.8. The zero-order valence-corrected chi connectivity index (χ0v) is 21.7. The molecule has 0 aliphatic heterocycles. The van der Waals surface area contributed by atoms with Crippen molar-refractivity contribution in [1.29, 1.82) is 0 Å². The Kier molecular flexibility index (Phi) is 7.53. The molecule has 0 radical (unpaired) electrons. The Labute approximate surface area is 217 Å². The van der Waals surface area contributed by atoms with Gasteiger partial charge in [-0.05, 0) is 57.8 Å². The Balaban J connectivity index is 1.59. The number of likely N-dealkylation sites (N-methyl/N-ethyl adjacent to an activating group) is 1. The number of alkyl halides is 3. The number of anilines is 1. The van der Waals surface area contributed by atoms with Crippen LogP contribution in [0.3, 0.4) is 0 Å². The summed E-state index contributed by atoms with van der Waals surface area (Å²) in [4.78, 5) is 14.9. The average Bonchev–Trinajstić information content (AvgIpc) is 3.45. The van der Waals surface area contributed by atoms with E-state index >= 15 is 0 Å². The largest absolute Gasteiger partial charge is 0.492 e. The van der Waals surface area contributed by atoms with Crippen LogP contribution in [0.2, 0.25) is 0 Å². The van der Waals surface area contributed by atoms with Gasteiger partial charge in [0.05, 0.1) is 23.6 Å². The first-order chi connectivity index (χ1) is 17.9. The zero-order valence-electron chi connectivity index (χ0n) is 21.7. The summed E-state index contributed by atoms with van der Waals surface area (Å²) in [7, 11) is 5.49. The lowest BCUT2D eigenvalue weighted by Crippen LogP contribution is -2.20. The zero-order chi connectivity index (χ0) is 27.6. The third kappa shape index (κ3) is 6.02. The number of hydrogen-bond acceptors (Lipinski definition) is 6. The number of hydrogen-bond donors (Lipinski definition) is 1. The van der Waals surface area contributed by atoms with Crippen LogP contribution in [-0.2, 0) is 13.2 Å². The highest BCUT2D eigenvalue weighted by Gasteiger charge is 2.31. The summed E-state index contributed by atoms with van der Waals surface area (Å²) in [5.74, 6) is -0.560. The van der Waals surface area contributed by atoms with Gasteiger partial charge in [0.15, 0.2) is 0 Å². The van der Waals surface area contributed by atoms with Gasteiger partial charge in [-0.1, -0.05) is 11.3 Å². The number of carbonyl (C=O) groups is 1. The molecule has 4 rings (SSSR count). The molecule has 2 aromatic carbocycles. The Morgan fingerprint density at radius 1 is 1.13 bits per heavy atom. The molecule has 1 amide bonds. The van der Waals surface area contributed by atoms with Crippen LogP contribution in [0.1, 0.15) is 27.2 Å². The van der Waals surface area contributed by atoms with E-state index in [0.29, 0.717) is 17.9 Å². The number of carbonyl (C=O) groups excluding carboxylic acids is 1. The number of aromatic nitrogens is 5. The van der Waals surface area contributed by atoms with Gasteiger partial charge in [0.2, 0.25) is 0 Å². The molecular weight excluding hydrogens is 499 g/mol. The number of aryl methyl sites for hydroxylation is 2. The molecule has 1 N–H and O–H groups in total. The lowest BCUT2D eigenvalue weighted by Gasteiger charge is -2.15. The number of amides is 1. The Bertz CT molecular complexity index is 1460. The fourth-order valence-corrected chi connectivity index (χ4v) is 3.72. The minimum Gasteiger partial charge on any atom is -0.492 e. The molecule has 0 bridgehead atoms. The van der Waals surface area contributed by atoms with Gasteiger partial charge in [-0.25, -0.2) is 4.68 Å². The molecule has 12 heteroatoms. The van der Waals surface area contributed by atoms with E-state index in [1.54, 1.807) is 40.0 Å². The molecule has 0 saturated carbocycles. The van der Waals surface area contributed by atoms with Crippen LogP contribution in [0.4, 0.5) is 18.9 Å². The molecule has 0 spiro atoms. The van der Waals surface area contributed by atoms with E-state index in [1.807, 2.05) is 39.9 Å². The summed E-state index contributed by atoms with van der Waals surface area (Å²) in [6.45, 7) is 4.50. The van der Waals surface area contributed by atoms with Gasteiger partial charge in [-0.15, -0.1) is 5.10 Å². The van der Waals surface area contributed by atoms with Crippen LogP contribution >= 0.6 is 0 Å². The van der Waals surface area contributed by atoms with E-state index in [9.17, 15) is 18.0 Å². The summed E-state index contributed by atoms with van der Waals surface area (Å²) in [6, 6.07) is 8.12. The maximum atomic E-state index is 13.5. The van der Waals surface area contributed by atoms with Gasteiger partial charge in [-0.2, -0.15) is 18.3 Å². The maximum absolute atomic E-state index is 13.5. The molecule has 4 aromatic rings. The molecule has 0 saturated heterocycles. The predicted octanol–water partition coefficient (Wildman–Crippen LogP) is 4.50. The first kappa shape index (κ1) is 26.9. The van der Waals surface area contributed by atoms with E-state index < -0.39 is 17.6 Å². The maximum Gasteiger partial charge on any atom is 0.416 e. The third-order valence-electron chi connectivity index (χ3n) is 6.02. The Morgan fingerprint density at radius 3 is 2.55 bits per heavy atom.